The number of hydrogen-bond acceptors (Lipinski definition) is 5. The lowest BCUT2D eigenvalue weighted by molar-refractivity contribution is 0.0994. The van der Waals surface area contributed by atoms with Crippen LogP contribution in [0.2, 0.25) is 0 Å². The van der Waals surface area contributed by atoms with Gasteiger partial charge in [0.25, 0.3) is 11.8 Å². The SMILES string of the molecule is Cn1cc(-c2cc(CO)cc(NC(=O)c3cc(C(N)=O)n4ccc(O)cc34)c2F)cn1. The molecule has 9 nitrogen and oxygen atoms in total. The molecule has 0 aliphatic rings. The smallest absolute Gasteiger partial charge is 0.265 e. The summed E-state index contributed by atoms with van der Waals surface area (Å²) in [6, 6.07) is 6.69. The number of halogens is 1. The molecule has 0 spiro atoms. The van der Waals surface area contributed by atoms with E-state index in [1.807, 2.05) is 0 Å². The number of fused-ring (bicyclic) bond motifs is 1. The molecule has 0 radical (unpaired) electrons. The van der Waals surface area contributed by atoms with Crippen LogP contribution in [-0.4, -0.2) is 36.2 Å². The van der Waals surface area contributed by atoms with Gasteiger partial charge in [0.1, 0.15) is 11.4 Å². The molecule has 0 atom stereocenters. The Bertz CT molecular complexity index is 1340. The molecule has 3 aromatic heterocycles. The summed E-state index contributed by atoms with van der Waals surface area (Å²) in [6.07, 6.45) is 4.47. The maximum absolute atomic E-state index is 15.2. The van der Waals surface area contributed by atoms with Gasteiger partial charge >= 0.3 is 0 Å². The van der Waals surface area contributed by atoms with E-state index in [1.165, 1.54) is 51.8 Å². The summed E-state index contributed by atoms with van der Waals surface area (Å²) >= 11 is 0. The maximum Gasteiger partial charge on any atom is 0.265 e. The highest BCUT2D eigenvalue weighted by Crippen LogP contribution is 2.30. The predicted molar refractivity (Wildman–Crippen MR) is 110 cm³/mol. The molecule has 0 aliphatic carbocycles. The molecule has 10 heteroatoms. The number of anilines is 1. The van der Waals surface area contributed by atoms with Crippen LogP contribution < -0.4 is 11.1 Å². The number of benzene rings is 1. The second-order valence-corrected chi connectivity index (χ2v) is 6.97. The van der Waals surface area contributed by atoms with Crippen molar-refractivity contribution in [2.75, 3.05) is 5.32 Å². The predicted octanol–water partition coefficient (Wildman–Crippen LogP) is 2.03. The lowest BCUT2D eigenvalue weighted by Gasteiger charge is -2.11. The molecule has 158 valence electrons. The Labute approximate surface area is 175 Å². The van der Waals surface area contributed by atoms with Gasteiger partial charge in [0.15, 0.2) is 5.82 Å². The van der Waals surface area contributed by atoms with Gasteiger partial charge in [-0.05, 0) is 29.8 Å². The fourth-order valence-electron chi connectivity index (χ4n) is 3.38. The van der Waals surface area contributed by atoms with Crippen molar-refractivity contribution in [1.29, 1.82) is 0 Å². The number of nitrogens with two attached hydrogens (primary N) is 1. The van der Waals surface area contributed by atoms with E-state index in [9.17, 15) is 19.8 Å². The van der Waals surface area contributed by atoms with Crippen molar-refractivity contribution < 1.29 is 24.2 Å². The zero-order chi connectivity index (χ0) is 22.3. The third-order valence-corrected chi connectivity index (χ3v) is 4.83. The Hall–Kier alpha value is -4.18. The van der Waals surface area contributed by atoms with Crippen molar-refractivity contribution in [3.8, 4) is 16.9 Å². The van der Waals surface area contributed by atoms with Gasteiger partial charge in [-0.3, -0.25) is 14.3 Å². The molecule has 4 rings (SSSR count). The summed E-state index contributed by atoms with van der Waals surface area (Å²) in [5, 5.41) is 25.9. The number of pyridine rings is 1. The standard InChI is InChI=1S/C21H18FN5O4/c1-26-9-12(8-24-26)14-4-11(10-28)5-16(19(14)22)25-21(31)15-7-18(20(23)30)27-3-2-13(29)6-17(15)27/h2-9,28-29H,10H2,1H3,(H2,23,30)(H,25,31). The first kappa shape index (κ1) is 20.1. The number of nitrogens with one attached hydrogen (secondary N) is 1. The van der Waals surface area contributed by atoms with Gasteiger partial charge < -0.3 is 25.7 Å². The molecular weight excluding hydrogens is 405 g/mol. The van der Waals surface area contributed by atoms with Gasteiger partial charge in [-0.25, -0.2) is 4.39 Å². The maximum atomic E-state index is 15.2. The van der Waals surface area contributed by atoms with Crippen LogP contribution >= 0.6 is 0 Å². The molecule has 0 fully saturated rings. The topological polar surface area (TPSA) is 135 Å². The number of aromatic nitrogens is 3. The summed E-state index contributed by atoms with van der Waals surface area (Å²) in [5.41, 5.74) is 6.50. The zero-order valence-electron chi connectivity index (χ0n) is 16.3. The fraction of sp³-hybridized carbons (Fsp3) is 0.0952. The lowest BCUT2D eigenvalue weighted by Crippen LogP contribution is -2.14. The van der Waals surface area contributed by atoms with Crippen LogP contribution in [-0.2, 0) is 13.7 Å². The van der Waals surface area contributed by atoms with Gasteiger partial charge in [0.05, 0.1) is 29.6 Å². The van der Waals surface area contributed by atoms with E-state index < -0.39 is 17.6 Å². The monoisotopic (exact) mass is 423 g/mol. The molecule has 31 heavy (non-hydrogen) atoms. The number of nitrogens with zero attached hydrogens (tertiary/aromatic N) is 3. The zero-order valence-corrected chi connectivity index (χ0v) is 16.3. The molecule has 0 bridgehead atoms. The molecule has 0 saturated carbocycles. The number of aromatic hydroxyl groups is 1. The minimum absolute atomic E-state index is 0.0152. The highest BCUT2D eigenvalue weighted by Gasteiger charge is 2.21. The molecule has 5 N–H and O–H groups in total. The number of carbonyl (C=O) groups is 2. The summed E-state index contributed by atoms with van der Waals surface area (Å²) in [4.78, 5) is 24.7. The van der Waals surface area contributed by atoms with Crippen molar-refractivity contribution >= 4 is 23.0 Å². The molecule has 0 aliphatic heterocycles. The third kappa shape index (κ3) is 3.60. The van der Waals surface area contributed by atoms with Gasteiger partial charge in [-0.1, -0.05) is 0 Å². The van der Waals surface area contributed by atoms with Crippen molar-refractivity contribution in [3.63, 3.8) is 0 Å². The summed E-state index contributed by atoms with van der Waals surface area (Å²) in [7, 11) is 1.68. The van der Waals surface area contributed by atoms with Crippen molar-refractivity contribution in [3.05, 3.63) is 71.6 Å². The number of aliphatic hydroxyl groups is 1. The average molecular weight is 423 g/mol. The normalized spacial score (nSPS) is 11.1. The van der Waals surface area contributed by atoms with E-state index in [1.54, 1.807) is 13.2 Å². The van der Waals surface area contributed by atoms with E-state index >= 15 is 4.39 Å². The number of aliphatic hydroxyl groups excluding tert-OH is 1. The second kappa shape index (κ2) is 7.58. The third-order valence-electron chi connectivity index (χ3n) is 4.83. The van der Waals surface area contributed by atoms with Crippen LogP contribution in [0.1, 0.15) is 26.4 Å². The summed E-state index contributed by atoms with van der Waals surface area (Å²) in [5.74, 6) is -2.32. The summed E-state index contributed by atoms with van der Waals surface area (Å²) in [6.45, 7) is -0.370. The van der Waals surface area contributed by atoms with Crippen LogP contribution in [0.4, 0.5) is 10.1 Å². The molecule has 2 amide bonds. The minimum Gasteiger partial charge on any atom is -0.508 e. The van der Waals surface area contributed by atoms with Gasteiger partial charge in [0.2, 0.25) is 0 Å². The van der Waals surface area contributed by atoms with E-state index in [0.29, 0.717) is 11.1 Å². The van der Waals surface area contributed by atoms with E-state index in [2.05, 4.69) is 10.4 Å². The Morgan fingerprint density at radius 3 is 2.68 bits per heavy atom. The van der Waals surface area contributed by atoms with Crippen LogP contribution in [0.15, 0.2) is 48.9 Å². The number of rotatable bonds is 5. The quantitative estimate of drug-likeness (QED) is 0.390. The Morgan fingerprint density at radius 1 is 1.26 bits per heavy atom. The largest absolute Gasteiger partial charge is 0.508 e. The van der Waals surface area contributed by atoms with Crippen LogP contribution in [0, 0.1) is 5.82 Å². The van der Waals surface area contributed by atoms with Crippen molar-refractivity contribution in [1.82, 2.24) is 14.2 Å². The second-order valence-electron chi connectivity index (χ2n) is 6.97. The first-order valence-corrected chi connectivity index (χ1v) is 9.16. The van der Waals surface area contributed by atoms with Crippen molar-refractivity contribution in [2.45, 2.75) is 6.61 Å². The number of carbonyl (C=O) groups excluding carboxylic acids is 2. The Balaban J connectivity index is 1.79. The lowest BCUT2D eigenvalue weighted by atomic mass is 10.0. The molecule has 0 unspecified atom stereocenters. The molecular formula is C21H18FN5O4. The minimum atomic E-state index is -0.771. The van der Waals surface area contributed by atoms with Crippen LogP contribution in [0.3, 0.4) is 0 Å². The highest BCUT2D eigenvalue weighted by atomic mass is 19.1. The number of amides is 2. The first-order chi connectivity index (χ1) is 14.8. The van der Waals surface area contributed by atoms with E-state index in [-0.39, 0.29) is 40.4 Å². The van der Waals surface area contributed by atoms with Crippen LogP contribution in [0.5, 0.6) is 5.75 Å². The Kier molecular flexibility index (Phi) is 4.91. The van der Waals surface area contributed by atoms with Gasteiger partial charge in [-0.2, -0.15) is 5.10 Å². The number of aryl methyl sites for hydroxylation is 1. The molecule has 1 aromatic carbocycles. The summed E-state index contributed by atoms with van der Waals surface area (Å²) < 4.78 is 18.1. The van der Waals surface area contributed by atoms with Crippen molar-refractivity contribution in [2.24, 2.45) is 12.8 Å². The van der Waals surface area contributed by atoms with E-state index in [0.717, 1.165) is 0 Å². The van der Waals surface area contributed by atoms with E-state index in [4.69, 9.17) is 5.73 Å². The van der Waals surface area contributed by atoms with Gasteiger partial charge in [-0.15, -0.1) is 0 Å². The van der Waals surface area contributed by atoms with Gasteiger partial charge in [0, 0.05) is 36.6 Å². The fourth-order valence-corrected chi connectivity index (χ4v) is 3.38. The number of primary amides is 1. The highest BCUT2D eigenvalue weighted by molar-refractivity contribution is 6.11. The Morgan fingerprint density at radius 2 is 2.03 bits per heavy atom. The molecule has 0 saturated heterocycles. The molecule has 3 heterocycles. The molecule has 4 aromatic rings. The average Bonchev–Trinajstić information content (AvgIpc) is 3.33. The first-order valence-electron chi connectivity index (χ1n) is 9.16. The van der Waals surface area contributed by atoms with Crippen LogP contribution in [0.25, 0.3) is 16.6 Å². The number of hydrogen-bond donors (Lipinski definition) is 4.